The van der Waals surface area contributed by atoms with Crippen molar-refractivity contribution in [3.8, 4) is 11.5 Å². The van der Waals surface area contributed by atoms with E-state index >= 15 is 0 Å². The molecule has 0 aromatic carbocycles. The van der Waals surface area contributed by atoms with E-state index in [0.717, 1.165) is 5.75 Å². The van der Waals surface area contributed by atoms with Crippen LogP contribution in [-0.2, 0) is 7.05 Å². The van der Waals surface area contributed by atoms with Gasteiger partial charge >= 0.3 is 0 Å². The van der Waals surface area contributed by atoms with Crippen molar-refractivity contribution in [2.24, 2.45) is 7.05 Å². The number of aromatic nitrogens is 5. The van der Waals surface area contributed by atoms with Gasteiger partial charge < -0.3 is 10.3 Å². The molecule has 0 aliphatic heterocycles. The van der Waals surface area contributed by atoms with Crippen LogP contribution in [0.15, 0.2) is 47.5 Å². The molecule has 1 amide bonds. The van der Waals surface area contributed by atoms with Gasteiger partial charge in [-0.2, -0.15) is 16.9 Å². The van der Waals surface area contributed by atoms with Gasteiger partial charge in [0.05, 0.1) is 11.7 Å². The topological polar surface area (TPSA) is 106 Å². The van der Waals surface area contributed by atoms with E-state index in [2.05, 4.69) is 25.4 Å². The number of hydrogen-bond acceptors (Lipinski definition) is 6. The third-order valence-electron chi connectivity index (χ3n) is 4.00. The third-order valence-corrected chi connectivity index (χ3v) is 4.64. The Labute approximate surface area is 160 Å². The zero-order valence-corrected chi connectivity index (χ0v) is 15.9. The van der Waals surface area contributed by atoms with Crippen LogP contribution in [0.4, 0.5) is 0 Å². The highest BCUT2D eigenvalue weighted by atomic mass is 32.2. The fourth-order valence-electron chi connectivity index (χ4n) is 2.64. The summed E-state index contributed by atoms with van der Waals surface area (Å²) in [6, 6.07) is 8.05. The van der Waals surface area contributed by atoms with Gasteiger partial charge in [0.1, 0.15) is 11.4 Å². The molecule has 0 saturated carbocycles. The van der Waals surface area contributed by atoms with E-state index in [9.17, 15) is 9.59 Å². The fourth-order valence-corrected chi connectivity index (χ4v) is 3.11. The van der Waals surface area contributed by atoms with Crippen molar-refractivity contribution < 1.29 is 4.79 Å². The molecule has 3 heterocycles. The molecule has 3 aromatic heterocycles. The summed E-state index contributed by atoms with van der Waals surface area (Å²) in [6.07, 6.45) is 5.83. The molecule has 0 aliphatic rings. The number of nitrogens with one attached hydrogen (secondary N) is 2. The molecule has 8 nitrogen and oxygen atoms in total. The molecule has 27 heavy (non-hydrogen) atoms. The minimum absolute atomic E-state index is 0.262. The number of carbonyl (C=O) groups excluding carboxylic acids is 1. The van der Waals surface area contributed by atoms with E-state index in [1.54, 1.807) is 49.4 Å². The van der Waals surface area contributed by atoms with Crippen molar-refractivity contribution in [1.29, 1.82) is 0 Å². The maximum absolute atomic E-state index is 12.6. The first-order valence-corrected chi connectivity index (χ1v) is 9.78. The zero-order chi connectivity index (χ0) is 19.2. The molecule has 0 saturated heterocycles. The molecule has 0 bridgehead atoms. The van der Waals surface area contributed by atoms with Crippen LogP contribution in [-0.4, -0.2) is 42.6 Å². The molecular weight excluding hydrogens is 364 g/mol. The molecular formula is C18H20N6O2S. The normalized spacial score (nSPS) is 11.9. The van der Waals surface area contributed by atoms with Crippen molar-refractivity contribution in [3.63, 3.8) is 0 Å². The zero-order valence-electron chi connectivity index (χ0n) is 15.0. The molecule has 0 unspecified atom stereocenters. The Hall–Kier alpha value is -2.94. The van der Waals surface area contributed by atoms with Crippen LogP contribution in [0.3, 0.4) is 0 Å². The first-order valence-electron chi connectivity index (χ1n) is 8.39. The van der Waals surface area contributed by atoms with Gasteiger partial charge in [0, 0.05) is 25.5 Å². The lowest BCUT2D eigenvalue weighted by Gasteiger charge is -2.18. The van der Waals surface area contributed by atoms with E-state index in [0.29, 0.717) is 29.3 Å². The van der Waals surface area contributed by atoms with Crippen LogP contribution in [0, 0.1) is 0 Å². The van der Waals surface area contributed by atoms with E-state index < -0.39 is 6.04 Å². The number of pyridine rings is 1. The van der Waals surface area contributed by atoms with E-state index in [1.165, 1.54) is 10.7 Å². The number of aryl methyl sites for hydroxylation is 1. The van der Waals surface area contributed by atoms with Gasteiger partial charge in [-0.1, -0.05) is 6.07 Å². The van der Waals surface area contributed by atoms with Crippen molar-refractivity contribution in [3.05, 3.63) is 64.5 Å². The molecule has 3 aromatic rings. The van der Waals surface area contributed by atoms with Gasteiger partial charge in [0.15, 0.2) is 5.82 Å². The SMILES string of the molecule is CSCC[C@H](NC(=O)c1ccnn1C)c1cc(=O)[nH]c(-c2ccccn2)n1. The van der Waals surface area contributed by atoms with Crippen molar-refractivity contribution in [1.82, 2.24) is 30.0 Å². The lowest BCUT2D eigenvalue weighted by molar-refractivity contribution is 0.0925. The Morgan fingerprint density at radius 1 is 1.33 bits per heavy atom. The van der Waals surface area contributed by atoms with Gasteiger partial charge in [-0.3, -0.25) is 19.3 Å². The van der Waals surface area contributed by atoms with Crippen LogP contribution in [0.5, 0.6) is 0 Å². The van der Waals surface area contributed by atoms with Crippen molar-refractivity contribution in [2.75, 3.05) is 12.0 Å². The minimum atomic E-state index is -0.399. The average molecular weight is 384 g/mol. The average Bonchev–Trinajstić information content (AvgIpc) is 3.11. The first-order chi connectivity index (χ1) is 13.1. The Balaban J connectivity index is 1.93. The highest BCUT2D eigenvalue weighted by molar-refractivity contribution is 7.98. The maximum atomic E-state index is 12.6. The van der Waals surface area contributed by atoms with Gasteiger partial charge in [-0.05, 0) is 36.6 Å². The van der Waals surface area contributed by atoms with Crippen LogP contribution >= 0.6 is 11.8 Å². The molecule has 2 N–H and O–H groups in total. The maximum Gasteiger partial charge on any atom is 0.270 e. The standard InChI is InChI=1S/C18H20N6O2S/c1-24-15(6-9-20-24)18(26)22-12(7-10-27-2)14-11-16(25)23-17(21-14)13-5-3-4-8-19-13/h3-6,8-9,11-12H,7,10H2,1-2H3,(H,22,26)(H,21,23,25)/t12-/m0/s1. The second kappa shape index (κ2) is 8.63. The molecule has 0 spiro atoms. The monoisotopic (exact) mass is 384 g/mol. The molecule has 9 heteroatoms. The molecule has 3 rings (SSSR count). The second-order valence-electron chi connectivity index (χ2n) is 5.88. The van der Waals surface area contributed by atoms with Gasteiger partial charge in [-0.25, -0.2) is 4.98 Å². The number of H-pyrrole nitrogens is 1. The predicted molar refractivity (Wildman–Crippen MR) is 105 cm³/mol. The summed E-state index contributed by atoms with van der Waals surface area (Å²) in [4.78, 5) is 36.3. The lowest BCUT2D eigenvalue weighted by atomic mass is 10.1. The van der Waals surface area contributed by atoms with Gasteiger partial charge in [0.2, 0.25) is 0 Å². The highest BCUT2D eigenvalue weighted by Gasteiger charge is 2.20. The Bertz CT molecular complexity index is 969. The summed E-state index contributed by atoms with van der Waals surface area (Å²) >= 11 is 1.66. The molecule has 0 fully saturated rings. The van der Waals surface area contributed by atoms with Crippen LogP contribution in [0.25, 0.3) is 11.5 Å². The van der Waals surface area contributed by atoms with E-state index in [-0.39, 0.29) is 11.5 Å². The molecule has 140 valence electrons. The smallest absolute Gasteiger partial charge is 0.270 e. The largest absolute Gasteiger partial charge is 0.342 e. The number of nitrogens with zero attached hydrogens (tertiary/aromatic N) is 4. The van der Waals surface area contributed by atoms with E-state index in [4.69, 9.17) is 0 Å². The van der Waals surface area contributed by atoms with E-state index in [1.807, 2.05) is 12.3 Å². The second-order valence-corrected chi connectivity index (χ2v) is 6.87. The van der Waals surface area contributed by atoms with Crippen molar-refractivity contribution >= 4 is 17.7 Å². The summed E-state index contributed by atoms with van der Waals surface area (Å²) in [5, 5.41) is 6.99. The van der Waals surface area contributed by atoms with Crippen molar-refractivity contribution in [2.45, 2.75) is 12.5 Å². The summed E-state index contributed by atoms with van der Waals surface area (Å²) in [7, 11) is 1.70. The third kappa shape index (κ3) is 4.62. The Morgan fingerprint density at radius 2 is 2.19 bits per heavy atom. The number of carbonyl (C=O) groups is 1. The fraction of sp³-hybridized carbons (Fsp3) is 0.278. The molecule has 0 aliphatic carbocycles. The molecule has 0 radical (unpaired) electrons. The van der Waals surface area contributed by atoms with Crippen LogP contribution < -0.4 is 10.9 Å². The number of aromatic amines is 1. The summed E-state index contributed by atoms with van der Waals surface area (Å²) < 4.78 is 1.51. The number of rotatable bonds is 7. The van der Waals surface area contributed by atoms with Crippen LogP contribution in [0.1, 0.15) is 28.6 Å². The summed E-state index contributed by atoms with van der Waals surface area (Å²) in [5.41, 5.74) is 1.23. The number of hydrogen-bond donors (Lipinski definition) is 2. The van der Waals surface area contributed by atoms with Gasteiger partial charge in [0.25, 0.3) is 11.5 Å². The Kier molecular flexibility index (Phi) is 6.02. The highest BCUT2D eigenvalue weighted by Crippen LogP contribution is 2.19. The number of amides is 1. The van der Waals surface area contributed by atoms with Crippen LogP contribution in [0.2, 0.25) is 0 Å². The minimum Gasteiger partial charge on any atom is -0.342 e. The summed E-state index contributed by atoms with van der Waals surface area (Å²) in [5.74, 6) is 0.925. The number of thioether (sulfide) groups is 1. The Morgan fingerprint density at radius 3 is 2.85 bits per heavy atom. The quantitative estimate of drug-likeness (QED) is 0.643. The summed E-state index contributed by atoms with van der Waals surface area (Å²) in [6.45, 7) is 0. The predicted octanol–water partition coefficient (Wildman–Crippen LogP) is 1.79. The molecule has 1 atom stereocenters. The first kappa shape index (κ1) is 18.8. The lowest BCUT2D eigenvalue weighted by Crippen LogP contribution is -2.32. The van der Waals surface area contributed by atoms with Gasteiger partial charge in [-0.15, -0.1) is 0 Å².